The molecule has 0 aromatic heterocycles. The Morgan fingerprint density at radius 1 is 1.05 bits per heavy atom. The molecule has 1 aliphatic rings. The number of Topliss-reactive ketones (excluding diaryl/α,β-unsaturated/α-hetero) is 1. The summed E-state index contributed by atoms with van der Waals surface area (Å²) in [6.07, 6.45) is 5.30. The van der Waals surface area contributed by atoms with E-state index >= 15 is 0 Å². The smallest absolute Gasteiger partial charge is 0.231 e. The molecule has 0 aliphatic carbocycles. The monoisotopic (exact) mass is 264 g/mol. The first-order valence-electron chi connectivity index (χ1n) is 6.23. The summed E-state index contributed by atoms with van der Waals surface area (Å²) >= 11 is 0. The maximum Gasteiger partial charge on any atom is 0.231 e. The second kappa shape index (κ2) is 5.05. The van der Waals surface area contributed by atoms with Gasteiger partial charge in [-0.05, 0) is 23.8 Å². The van der Waals surface area contributed by atoms with Crippen molar-refractivity contribution in [3.8, 4) is 11.5 Å². The predicted octanol–water partition coefficient (Wildman–Crippen LogP) is 3.56. The molecule has 0 unspecified atom stereocenters. The molecule has 2 aromatic carbocycles. The molecule has 20 heavy (non-hydrogen) atoms. The molecular weight excluding hydrogens is 252 g/mol. The number of ether oxygens (including phenoxy) is 1. The minimum Gasteiger partial charge on any atom is -0.508 e. The Morgan fingerprint density at radius 3 is 2.65 bits per heavy atom. The Kier molecular flexibility index (Phi) is 3.09. The van der Waals surface area contributed by atoms with E-state index in [1.807, 2.05) is 36.4 Å². The van der Waals surface area contributed by atoms with E-state index in [1.54, 1.807) is 18.2 Å². The highest BCUT2D eigenvalue weighted by atomic mass is 16.5. The van der Waals surface area contributed by atoms with Gasteiger partial charge in [0.05, 0.1) is 5.56 Å². The van der Waals surface area contributed by atoms with Crippen molar-refractivity contribution in [1.29, 1.82) is 0 Å². The average molecular weight is 264 g/mol. The fourth-order valence-electron chi connectivity index (χ4n) is 2.00. The largest absolute Gasteiger partial charge is 0.508 e. The van der Waals surface area contributed by atoms with Crippen LogP contribution in [0.2, 0.25) is 0 Å². The third kappa shape index (κ3) is 2.34. The van der Waals surface area contributed by atoms with Crippen LogP contribution in [0.3, 0.4) is 0 Å². The SMILES string of the molecule is O=C1/C(=C/C=C/c2ccccc2)Oc2cc(O)ccc21. The van der Waals surface area contributed by atoms with Gasteiger partial charge in [-0.3, -0.25) is 4.79 Å². The molecule has 3 heteroatoms. The first-order chi connectivity index (χ1) is 9.74. The normalized spacial score (nSPS) is 15.6. The highest BCUT2D eigenvalue weighted by molar-refractivity contribution is 6.12. The van der Waals surface area contributed by atoms with Crippen molar-refractivity contribution in [3.63, 3.8) is 0 Å². The summed E-state index contributed by atoms with van der Waals surface area (Å²) in [5, 5.41) is 9.37. The van der Waals surface area contributed by atoms with Gasteiger partial charge in [0, 0.05) is 6.07 Å². The van der Waals surface area contributed by atoms with Gasteiger partial charge >= 0.3 is 0 Å². The summed E-state index contributed by atoms with van der Waals surface area (Å²) in [6, 6.07) is 14.3. The van der Waals surface area contributed by atoms with Crippen LogP contribution in [0.5, 0.6) is 11.5 Å². The van der Waals surface area contributed by atoms with Crippen LogP contribution in [-0.4, -0.2) is 10.9 Å². The van der Waals surface area contributed by atoms with Crippen LogP contribution in [0.1, 0.15) is 15.9 Å². The number of ketones is 1. The van der Waals surface area contributed by atoms with E-state index in [0.717, 1.165) is 5.56 Å². The van der Waals surface area contributed by atoms with Gasteiger partial charge in [-0.15, -0.1) is 0 Å². The number of fused-ring (bicyclic) bond motifs is 1. The van der Waals surface area contributed by atoms with Crippen molar-refractivity contribution in [2.24, 2.45) is 0 Å². The highest BCUT2D eigenvalue weighted by Gasteiger charge is 2.26. The Bertz CT molecular complexity index is 712. The lowest BCUT2D eigenvalue weighted by Gasteiger charge is -1.97. The van der Waals surface area contributed by atoms with Crippen molar-refractivity contribution in [2.45, 2.75) is 0 Å². The van der Waals surface area contributed by atoms with Gasteiger partial charge in [0.2, 0.25) is 5.78 Å². The minimum atomic E-state index is -0.169. The van der Waals surface area contributed by atoms with Crippen molar-refractivity contribution < 1.29 is 14.6 Å². The number of benzene rings is 2. The first-order valence-corrected chi connectivity index (χ1v) is 6.23. The molecule has 0 amide bonds. The van der Waals surface area contributed by atoms with Crippen LogP contribution >= 0.6 is 0 Å². The fourth-order valence-corrected chi connectivity index (χ4v) is 2.00. The topological polar surface area (TPSA) is 46.5 Å². The quantitative estimate of drug-likeness (QED) is 0.843. The summed E-state index contributed by atoms with van der Waals surface area (Å²) in [7, 11) is 0. The predicted molar refractivity (Wildman–Crippen MR) is 76.6 cm³/mol. The van der Waals surface area contributed by atoms with Crippen molar-refractivity contribution in [2.75, 3.05) is 0 Å². The van der Waals surface area contributed by atoms with Crippen LogP contribution in [0.4, 0.5) is 0 Å². The summed E-state index contributed by atoms with van der Waals surface area (Å²) in [6.45, 7) is 0. The van der Waals surface area contributed by atoms with Crippen LogP contribution in [-0.2, 0) is 0 Å². The van der Waals surface area contributed by atoms with E-state index in [-0.39, 0.29) is 17.3 Å². The number of phenolic OH excluding ortho intramolecular Hbond substituents is 1. The van der Waals surface area contributed by atoms with Crippen molar-refractivity contribution >= 4 is 11.9 Å². The number of rotatable bonds is 2. The van der Waals surface area contributed by atoms with E-state index in [2.05, 4.69) is 0 Å². The lowest BCUT2D eigenvalue weighted by Crippen LogP contribution is -1.97. The molecule has 2 aromatic rings. The van der Waals surface area contributed by atoms with E-state index < -0.39 is 0 Å². The van der Waals surface area contributed by atoms with E-state index in [9.17, 15) is 9.90 Å². The molecule has 0 spiro atoms. The molecule has 3 rings (SSSR count). The maximum absolute atomic E-state index is 12.0. The van der Waals surface area contributed by atoms with Gasteiger partial charge in [-0.1, -0.05) is 42.5 Å². The summed E-state index contributed by atoms with van der Waals surface area (Å²) in [4.78, 5) is 12.0. The van der Waals surface area contributed by atoms with Gasteiger partial charge < -0.3 is 9.84 Å². The zero-order valence-corrected chi connectivity index (χ0v) is 10.6. The molecule has 3 nitrogen and oxygen atoms in total. The van der Waals surface area contributed by atoms with Gasteiger partial charge in [0.15, 0.2) is 5.76 Å². The third-order valence-electron chi connectivity index (χ3n) is 2.99. The lowest BCUT2D eigenvalue weighted by molar-refractivity contribution is 0.101. The first kappa shape index (κ1) is 12.2. The molecule has 0 bridgehead atoms. The molecule has 0 fully saturated rings. The Balaban J connectivity index is 1.82. The molecule has 1 aliphatic heterocycles. The summed E-state index contributed by atoms with van der Waals surface area (Å²) in [5.41, 5.74) is 1.52. The summed E-state index contributed by atoms with van der Waals surface area (Å²) < 4.78 is 5.44. The molecule has 0 saturated carbocycles. The fraction of sp³-hybridized carbons (Fsp3) is 0. The molecule has 0 saturated heterocycles. The average Bonchev–Trinajstić information content (AvgIpc) is 2.76. The van der Waals surface area contributed by atoms with E-state index in [4.69, 9.17) is 4.74 Å². The molecule has 98 valence electrons. The molecular formula is C17H12O3. The molecule has 0 atom stereocenters. The Labute approximate surface area is 116 Å². The molecule has 1 N–H and O–H groups in total. The van der Waals surface area contributed by atoms with E-state index in [0.29, 0.717) is 11.3 Å². The molecule has 0 radical (unpaired) electrons. The van der Waals surface area contributed by atoms with Gasteiger partial charge in [-0.2, -0.15) is 0 Å². The second-order valence-corrected chi connectivity index (χ2v) is 4.41. The number of aromatic hydroxyl groups is 1. The Morgan fingerprint density at radius 2 is 1.85 bits per heavy atom. The van der Waals surface area contributed by atoms with Crippen molar-refractivity contribution in [1.82, 2.24) is 0 Å². The molecule has 1 heterocycles. The number of carbonyl (C=O) groups excluding carboxylic acids is 1. The number of carbonyl (C=O) groups is 1. The number of allylic oxidation sites excluding steroid dienone is 3. The van der Waals surface area contributed by atoms with Gasteiger partial charge in [0.25, 0.3) is 0 Å². The van der Waals surface area contributed by atoms with Crippen LogP contribution in [0.15, 0.2) is 66.4 Å². The van der Waals surface area contributed by atoms with Crippen LogP contribution in [0.25, 0.3) is 6.08 Å². The van der Waals surface area contributed by atoms with Gasteiger partial charge in [0.1, 0.15) is 11.5 Å². The highest BCUT2D eigenvalue weighted by Crippen LogP contribution is 2.33. The number of phenols is 1. The minimum absolute atomic E-state index is 0.0811. The number of hydrogen-bond donors (Lipinski definition) is 1. The Hall–Kier alpha value is -2.81. The van der Waals surface area contributed by atoms with Crippen LogP contribution < -0.4 is 4.74 Å². The zero-order valence-electron chi connectivity index (χ0n) is 10.6. The van der Waals surface area contributed by atoms with Crippen LogP contribution in [0, 0.1) is 0 Å². The third-order valence-corrected chi connectivity index (χ3v) is 2.99. The van der Waals surface area contributed by atoms with Crippen molar-refractivity contribution in [3.05, 3.63) is 77.6 Å². The van der Waals surface area contributed by atoms with E-state index in [1.165, 1.54) is 12.1 Å². The van der Waals surface area contributed by atoms with Gasteiger partial charge in [-0.25, -0.2) is 0 Å². The number of hydrogen-bond acceptors (Lipinski definition) is 3. The second-order valence-electron chi connectivity index (χ2n) is 4.41. The lowest BCUT2D eigenvalue weighted by atomic mass is 10.1. The standard InChI is InChI=1S/C17H12O3/c18-13-9-10-14-16(11-13)20-15(17(14)19)8-4-7-12-5-2-1-3-6-12/h1-11,18H/b7-4+,15-8-. The summed E-state index contributed by atoms with van der Waals surface area (Å²) in [5.74, 6) is 0.572. The maximum atomic E-state index is 12.0. The zero-order chi connectivity index (χ0) is 13.9.